The molecule has 0 spiro atoms. The van der Waals surface area contributed by atoms with Gasteiger partial charge in [0.1, 0.15) is 17.0 Å². The van der Waals surface area contributed by atoms with Crippen molar-refractivity contribution in [2.24, 2.45) is 5.92 Å². The molecular weight excluding hydrogens is 478 g/mol. The lowest BCUT2D eigenvalue weighted by Crippen LogP contribution is -2.39. The third-order valence-electron chi connectivity index (χ3n) is 7.16. The highest BCUT2D eigenvalue weighted by atomic mass is 16.6. The number of oxazole rings is 1. The van der Waals surface area contributed by atoms with Gasteiger partial charge < -0.3 is 19.0 Å². The van der Waals surface area contributed by atoms with Crippen molar-refractivity contribution < 1.29 is 23.8 Å². The third-order valence-corrected chi connectivity index (χ3v) is 7.16. The predicted molar refractivity (Wildman–Crippen MR) is 146 cm³/mol. The molecule has 6 nitrogen and oxygen atoms in total. The standard InChI is InChI=1S/C32H33NO5/c1-2-36-28(34)22-37-27-18-11-12-23(21-27)20-26-17-9-10-19-32(26,35)31-33-29(24-13-5-3-6-14-24)30(38-31)25-15-7-4-8-16-25/h3-8,11-16,18,21,26,35H,2,9-10,17,19-20,22H2,1H3. The number of rotatable bonds is 9. The van der Waals surface area contributed by atoms with Gasteiger partial charge in [0.05, 0.1) is 6.61 Å². The maximum Gasteiger partial charge on any atom is 0.344 e. The number of carbonyl (C=O) groups excluding carboxylic acids is 1. The Labute approximate surface area is 223 Å². The van der Waals surface area contributed by atoms with Crippen LogP contribution >= 0.6 is 0 Å². The van der Waals surface area contributed by atoms with Crippen LogP contribution in [-0.4, -0.2) is 29.3 Å². The van der Waals surface area contributed by atoms with Crippen LogP contribution in [0.4, 0.5) is 0 Å². The van der Waals surface area contributed by atoms with Gasteiger partial charge >= 0.3 is 5.97 Å². The number of aromatic nitrogens is 1. The molecule has 0 amide bonds. The van der Waals surface area contributed by atoms with E-state index in [4.69, 9.17) is 18.9 Å². The Kier molecular flexibility index (Phi) is 7.89. The van der Waals surface area contributed by atoms with Crippen LogP contribution < -0.4 is 4.74 Å². The van der Waals surface area contributed by atoms with E-state index in [0.29, 0.717) is 36.8 Å². The minimum Gasteiger partial charge on any atom is -0.482 e. The fourth-order valence-electron chi connectivity index (χ4n) is 5.25. The number of hydrogen-bond donors (Lipinski definition) is 1. The summed E-state index contributed by atoms with van der Waals surface area (Å²) >= 11 is 0. The molecule has 1 aliphatic carbocycles. The van der Waals surface area contributed by atoms with Crippen LogP contribution in [0, 0.1) is 5.92 Å². The Hall–Kier alpha value is -3.90. The van der Waals surface area contributed by atoms with E-state index in [2.05, 4.69) is 0 Å². The number of aliphatic hydroxyl groups is 1. The summed E-state index contributed by atoms with van der Waals surface area (Å²) in [6, 6.07) is 27.6. The van der Waals surface area contributed by atoms with E-state index < -0.39 is 11.6 Å². The van der Waals surface area contributed by atoms with Crippen molar-refractivity contribution in [2.75, 3.05) is 13.2 Å². The van der Waals surface area contributed by atoms with E-state index in [-0.39, 0.29) is 12.5 Å². The molecular formula is C32H33NO5. The molecule has 6 heteroatoms. The monoisotopic (exact) mass is 511 g/mol. The average Bonchev–Trinajstić information content (AvgIpc) is 3.41. The summed E-state index contributed by atoms with van der Waals surface area (Å²) in [6.45, 7) is 1.95. The number of hydrogen-bond acceptors (Lipinski definition) is 6. The Morgan fingerprint density at radius 1 is 1.00 bits per heavy atom. The summed E-state index contributed by atoms with van der Waals surface area (Å²) in [5.41, 5.74) is 2.43. The second-order valence-electron chi connectivity index (χ2n) is 9.74. The normalized spacial score (nSPS) is 19.2. The Morgan fingerprint density at radius 2 is 1.74 bits per heavy atom. The number of carbonyl (C=O) groups is 1. The number of benzene rings is 3. The van der Waals surface area contributed by atoms with Crippen molar-refractivity contribution in [3.8, 4) is 28.3 Å². The zero-order chi connectivity index (χ0) is 26.4. The van der Waals surface area contributed by atoms with Crippen LogP contribution in [0.15, 0.2) is 89.3 Å². The summed E-state index contributed by atoms with van der Waals surface area (Å²) < 4.78 is 17.0. The average molecular weight is 512 g/mol. The van der Waals surface area contributed by atoms with Gasteiger partial charge in [0.2, 0.25) is 5.89 Å². The minimum atomic E-state index is -1.20. The first kappa shape index (κ1) is 25.7. The molecule has 5 rings (SSSR count). The van der Waals surface area contributed by atoms with Gasteiger partial charge in [-0.15, -0.1) is 0 Å². The molecule has 1 aromatic heterocycles. The first-order chi connectivity index (χ1) is 18.6. The lowest BCUT2D eigenvalue weighted by atomic mass is 9.72. The van der Waals surface area contributed by atoms with Gasteiger partial charge in [-0.05, 0) is 43.9 Å². The number of nitrogens with zero attached hydrogens (tertiary/aromatic N) is 1. The fourth-order valence-corrected chi connectivity index (χ4v) is 5.25. The molecule has 1 fully saturated rings. The van der Waals surface area contributed by atoms with E-state index in [9.17, 15) is 9.90 Å². The molecule has 1 aliphatic rings. The number of esters is 1. The molecule has 0 bridgehead atoms. The maximum atomic E-state index is 12.2. The van der Waals surface area contributed by atoms with Crippen molar-refractivity contribution in [1.29, 1.82) is 0 Å². The molecule has 0 aliphatic heterocycles. The topological polar surface area (TPSA) is 81.8 Å². The van der Waals surface area contributed by atoms with Gasteiger partial charge in [0, 0.05) is 17.0 Å². The van der Waals surface area contributed by atoms with E-state index in [0.717, 1.165) is 41.6 Å². The molecule has 1 saturated carbocycles. The smallest absolute Gasteiger partial charge is 0.344 e. The molecule has 2 atom stereocenters. The van der Waals surface area contributed by atoms with E-state index >= 15 is 0 Å². The highest BCUT2D eigenvalue weighted by Gasteiger charge is 2.45. The molecule has 0 radical (unpaired) electrons. The molecule has 1 heterocycles. The molecule has 1 N–H and O–H groups in total. The number of ether oxygens (including phenoxy) is 2. The highest BCUT2D eigenvalue weighted by Crippen LogP contribution is 2.46. The molecule has 4 aromatic rings. The van der Waals surface area contributed by atoms with Gasteiger partial charge in [0.25, 0.3) is 0 Å². The quantitative estimate of drug-likeness (QED) is 0.256. The molecule has 38 heavy (non-hydrogen) atoms. The zero-order valence-electron chi connectivity index (χ0n) is 21.6. The van der Waals surface area contributed by atoms with Crippen LogP contribution in [0.5, 0.6) is 5.75 Å². The van der Waals surface area contributed by atoms with E-state index in [1.54, 1.807) is 6.92 Å². The lowest BCUT2D eigenvalue weighted by molar-refractivity contribution is -0.145. The van der Waals surface area contributed by atoms with Gasteiger partial charge in [0.15, 0.2) is 12.4 Å². The Balaban J connectivity index is 1.44. The summed E-state index contributed by atoms with van der Waals surface area (Å²) in [7, 11) is 0. The van der Waals surface area contributed by atoms with Gasteiger partial charge in [-0.2, -0.15) is 0 Å². The van der Waals surface area contributed by atoms with Crippen LogP contribution in [0.25, 0.3) is 22.6 Å². The molecule has 3 aromatic carbocycles. The molecule has 2 unspecified atom stereocenters. The predicted octanol–water partition coefficient (Wildman–Crippen LogP) is 6.57. The van der Waals surface area contributed by atoms with Crippen LogP contribution in [0.2, 0.25) is 0 Å². The summed E-state index contributed by atoms with van der Waals surface area (Å²) in [4.78, 5) is 16.6. The van der Waals surface area contributed by atoms with Crippen LogP contribution in [0.3, 0.4) is 0 Å². The van der Waals surface area contributed by atoms with Crippen molar-refractivity contribution in [2.45, 2.75) is 44.6 Å². The van der Waals surface area contributed by atoms with Crippen molar-refractivity contribution in [3.05, 3.63) is 96.4 Å². The lowest BCUT2D eigenvalue weighted by Gasteiger charge is -2.37. The van der Waals surface area contributed by atoms with E-state index in [1.165, 1.54) is 0 Å². The highest BCUT2D eigenvalue weighted by molar-refractivity contribution is 5.77. The second kappa shape index (κ2) is 11.7. The van der Waals surface area contributed by atoms with Crippen molar-refractivity contribution in [3.63, 3.8) is 0 Å². The summed E-state index contributed by atoms with van der Waals surface area (Å²) in [6.07, 6.45) is 4.01. The van der Waals surface area contributed by atoms with Gasteiger partial charge in [-0.3, -0.25) is 0 Å². The van der Waals surface area contributed by atoms with Crippen LogP contribution in [0.1, 0.15) is 44.1 Å². The largest absolute Gasteiger partial charge is 0.482 e. The van der Waals surface area contributed by atoms with E-state index in [1.807, 2.05) is 84.9 Å². The third kappa shape index (κ3) is 5.65. The molecule has 196 valence electrons. The summed E-state index contributed by atoms with van der Waals surface area (Å²) in [5, 5.41) is 12.2. The Bertz CT molecular complexity index is 1290. The first-order valence-corrected chi connectivity index (χ1v) is 13.3. The zero-order valence-corrected chi connectivity index (χ0v) is 21.6. The fraction of sp³-hybridized carbons (Fsp3) is 0.312. The van der Waals surface area contributed by atoms with Crippen molar-refractivity contribution in [1.82, 2.24) is 4.98 Å². The van der Waals surface area contributed by atoms with Gasteiger partial charge in [-0.1, -0.05) is 85.6 Å². The SMILES string of the molecule is CCOC(=O)COc1cccc(CC2CCCCC2(O)c2nc(-c3ccccc3)c(-c3ccccc3)o2)c1. The second-order valence-corrected chi connectivity index (χ2v) is 9.74. The van der Waals surface area contributed by atoms with Crippen LogP contribution in [-0.2, 0) is 21.6 Å². The summed E-state index contributed by atoms with van der Waals surface area (Å²) in [5.74, 6) is 1.16. The van der Waals surface area contributed by atoms with Crippen molar-refractivity contribution >= 4 is 5.97 Å². The maximum absolute atomic E-state index is 12.2. The van der Waals surface area contributed by atoms with Gasteiger partial charge in [-0.25, -0.2) is 9.78 Å². The Morgan fingerprint density at radius 3 is 2.47 bits per heavy atom. The minimum absolute atomic E-state index is 0.0811. The first-order valence-electron chi connectivity index (χ1n) is 13.3. The molecule has 0 saturated heterocycles.